The molecule has 0 aromatic carbocycles. The normalized spacial score (nSPS) is 21.6. The molecule has 10 heteroatoms. The number of fused-ring (bicyclic) bond motifs is 1. The molecule has 0 bridgehead atoms. The van der Waals surface area contributed by atoms with Gasteiger partial charge in [-0.1, -0.05) is 26.0 Å². The maximum Gasteiger partial charge on any atom is 0.280 e. The van der Waals surface area contributed by atoms with Crippen LogP contribution in [-0.4, -0.2) is 25.7 Å². The smallest absolute Gasteiger partial charge is 0.280 e. The highest BCUT2D eigenvalue weighted by atomic mass is 32.2. The molecule has 0 radical (unpaired) electrons. The average molecular weight is 409 g/mol. The van der Waals surface area contributed by atoms with E-state index in [4.69, 9.17) is 4.78 Å². The van der Waals surface area contributed by atoms with Crippen molar-refractivity contribution in [3.63, 3.8) is 0 Å². The van der Waals surface area contributed by atoms with E-state index in [2.05, 4.69) is 15.0 Å². The van der Waals surface area contributed by atoms with Crippen LogP contribution < -0.4 is 10.0 Å². The van der Waals surface area contributed by atoms with Crippen molar-refractivity contribution in [2.45, 2.75) is 31.2 Å². The van der Waals surface area contributed by atoms with Gasteiger partial charge in [0, 0.05) is 36.7 Å². The largest absolute Gasteiger partial charge is 0.345 e. The molecule has 2 atom stereocenters. The summed E-state index contributed by atoms with van der Waals surface area (Å²) in [4.78, 5) is 16.6. The fourth-order valence-electron chi connectivity index (χ4n) is 2.98. The number of halogens is 2. The van der Waals surface area contributed by atoms with E-state index in [1.54, 1.807) is 19.2 Å². The molecule has 0 fully saturated rings. The third-order valence-corrected chi connectivity index (χ3v) is 6.01. The van der Waals surface area contributed by atoms with Crippen molar-refractivity contribution in [1.82, 2.24) is 14.3 Å². The van der Waals surface area contributed by atoms with Crippen molar-refractivity contribution >= 4 is 27.6 Å². The van der Waals surface area contributed by atoms with Gasteiger partial charge in [0.2, 0.25) is 0 Å². The van der Waals surface area contributed by atoms with Gasteiger partial charge in [-0.2, -0.15) is 0 Å². The number of carbonyl (C=O) groups excluding carboxylic acids is 1. The summed E-state index contributed by atoms with van der Waals surface area (Å²) in [6.45, 7) is 3.87. The maximum absolute atomic E-state index is 12.9. The van der Waals surface area contributed by atoms with Crippen molar-refractivity contribution in [2.75, 3.05) is 5.32 Å². The van der Waals surface area contributed by atoms with E-state index in [0.29, 0.717) is 5.56 Å². The molecule has 1 unspecified atom stereocenters. The maximum atomic E-state index is 12.9. The van der Waals surface area contributed by atoms with Crippen LogP contribution in [0.15, 0.2) is 35.5 Å². The molecule has 1 aliphatic heterocycles. The molecule has 2 aromatic heterocycles. The number of alkyl halides is 2. The number of hydrogen-bond donors (Lipinski definition) is 3. The van der Waals surface area contributed by atoms with Gasteiger partial charge in [0.15, 0.2) is 0 Å². The topological polar surface area (TPSA) is 99.9 Å². The Morgan fingerprint density at radius 1 is 1.43 bits per heavy atom. The third kappa shape index (κ3) is 3.83. The van der Waals surface area contributed by atoms with Gasteiger partial charge in [-0.05, 0) is 18.1 Å². The first-order valence-electron chi connectivity index (χ1n) is 8.59. The number of hydrogen-bond acceptors (Lipinski definition) is 4. The number of nitrogens with one attached hydrogen (secondary N) is 3. The van der Waals surface area contributed by atoms with E-state index in [-0.39, 0.29) is 28.2 Å². The summed E-state index contributed by atoms with van der Waals surface area (Å²) in [6, 6.07) is 2.22. The van der Waals surface area contributed by atoms with Gasteiger partial charge in [0.1, 0.15) is 21.3 Å². The van der Waals surface area contributed by atoms with Gasteiger partial charge in [-0.25, -0.2) is 22.5 Å². The van der Waals surface area contributed by atoms with Crippen LogP contribution in [-0.2, 0) is 17.0 Å². The second-order valence-corrected chi connectivity index (χ2v) is 8.68. The quantitative estimate of drug-likeness (QED) is 0.720. The van der Waals surface area contributed by atoms with E-state index in [1.165, 1.54) is 23.0 Å². The summed E-state index contributed by atoms with van der Waals surface area (Å²) in [7, 11) is -1.72. The van der Waals surface area contributed by atoms with Crippen LogP contribution in [0.3, 0.4) is 0 Å². The number of anilines is 1. The Kier molecular flexibility index (Phi) is 5.35. The molecule has 3 N–H and O–H groups in total. The monoisotopic (exact) mass is 409 g/mol. The van der Waals surface area contributed by atoms with Gasteiger partial charge in [-0.15, -0.1) is 0 Å². The van der Waals surface area contributed by atoms with Crippen LogP contribution >= 0.6 is 0 Å². The van der Waals surface area contributed by atoms with Crippen molar-refractivity contribution in [3.05, 3.63) is 47.6 Å². The van der Waals surface area contributed by atoms with Crippen molar-refractivity contribution in [2.24, 2.45) is 13.0 Å². The van der Waals surface area contributed by atoms with Crippen LogP contribution in [0.2, 0.25) is 0 Å². The van der Waals surface area contributed by atoms with E-state index in [0.717, 1.165) is 6.07 Å². The second kappa shape index (κ2) is 7.44. The number of aryl methyl sites for hydroxylation is 1. The predicted molar refractivity (Wildman–Crippen MR) is 102 cm³/mol. The van der Waals surface area contributed by atoms with Crippen LogP contribution in [0.1, 0.15) is 42.0 Å². The van der Waals surface area contributed by atoms with Crippen LogP contribution in [0, 0.1) is 10.7 Å². The first kappa shape index (κ1) is 20.2. The molecular weight excluding hydrogens is 388 g/mol. The van der Waals surface area contributed by atoms with Gasteiger partial charge < -0.3 is 9.88 Å². The lowest BCUT2D eigenvalue weighted by molar-refractivity contribution is 0.101. The zero-order chi connectivity index (χ0) is 20.6. The zero-order valence-electron chi connectivity index (χ0n) is 15.6. The van der Waals surface area contributed by atoms with Gasteiger partial charge in [-0.3, -0.25) is 9.78 Å². The van der Waals surface area contributed by atoms with Gasteiger partial charge in [0.05, 0.1) is 4.90 Å². The Bertz CT molecular complexity index is 1040. The van der Waals surface area contributed by atoms with E-state index >= 15 is 0 Å². The lowest BCUT2D eigenvalue weighted by Gasteiger charge is -2.18. The predicted octanol–water partition coefficient (Wildman–Crippen LogP) is 3.57. The zero-order valence-corrected chi connectivity index (χ0v) is 16.4. The molecule has 1 aliphatic rings. The number of amides is 1. The van der Waals surface area contributed by atoms with Crippen molar-refractivity contribution in [3.8, 4) is 0 Å². The molecular formula is C18H21F2N5O2S. The molecule has 0 saturated carbocycles. The highest BCUT2D eigenvalue weighted by molar-refractivity contribution is 7.90. The molecule has 3 rings (SSSR count). The molecule has 0 aliphatic carbocycles. The summed E-state index contributed by atoms with van der Waals surface area (Å²) in [5.41, 5.74) is 0.292. The molecule has 1 amide bonds. The molecule has 7 nitrogen and oxygen atoms in total. The van der Waals surface area contributed by atoms with Gasteiger partial charge in [0.25, 0.3) is 12.3 Å². The average Bonchev–Trinajstić information content (AvgIpc) is 2.89. The number of rotatable bonds is 4. The number of nitrogens with zero attached hydrogens (tertiary/aromatic N) is 2. The lowest BCUT2D eigenvalue weighted by Crippen LogP contribution is -2.35. The van der Waals surface area contributed by atoms with Crippen LogP contribution in [0.5, 0.6) is 0 Å². The lowest BCUT2D eigenvalue weighted by atomic mass is 10.0. The molecule has 2 aromatic rings. The highest BCUT2D eigenvalue weighted by Gasteiger charge is 2.29. The fraction of sp³-hybridized carbons (Fsp3) is 0.333. The summed E-state index contributed by atoms with van der Waals surface area (Å²) in [5.74, 6) is -0.458. The van der Waals surface area contributed by atoms with Crippen LogP contribution in [0.25, 0.3) is 6.08 Å². The Hall–Kier alpha value is -2.59. The minimum absolute atomic E-state index is 0.0991. The molecule has 0 spiro atoms. The molecule has 3 heterocycles. The molecule has 150 valence electrons. The van der Waals surface area contributed by atoms with Crippen molar-refractivity contribution in [1.29, 1.82) is 4.78 Å². The number of pyridine rings is 1. The van der Waals surface area contributed by atoms with E-state index in [1.807, 2.05) is 13.8 Å². The van der Waals surface area contributed by atoms with E-state index < -0.39 is 27.9 Å². The van der Waals surface area contributed by atoms with E-state index in [9.17, 15) is 17.8 Å². The third-order valence-electron chi connectivity index (χ3n) is 4.46. The first-order valence-corrected chi connectivity index (χ1v) is 10.1. The standard InChI is InChI=1S/C18H21F2N5O2S/c1-10(2)13-5-4-12-15(28(21,27)24-13)9-25(3)16(12)18(26)23-11-6-7-22-14(8-11)17(19)20/h4-10,13,17H,1-3H3,(H2,21,24,27)(H,22,23,26)/t13-,28?/m0/s1. The minimum Gasteiger partial charge on any atom is -0.345 e. The summed E-state index contributed by atoms with van der Waals surface area (Å²) in [6.07, 6.45) is 3.38. The van der Waals surface area contributed by atoms with Crippen LogP contribution in [0.4, 0.5) is 14.5 Å². The fourth-order valence-corrected chi connectivity index (χ4v) is 4.62. The Labute approximate surface area is 162 Å². The Balaban J connectivity index is 2.00. The first-order chi connectivity index (χ1) is 13.1. The minimum atomic E-state index is -3.32. The highest BCUT2D eigenvalue weighted by Crippen LogP contribution is 2.29. The summed E-state index contributed by atoms with van der Waals surface area (Å²) in [5, 5.41) is 2.57. The Morgan fingerprint density at radius 3 is 2.79 bits per heavy atom. The molecule has 28 heavy (non-hydrogen) atoms. The van der Waals surface area contributed by atoms with Crippen molar-refractivity contribution < 1.29 is 17.8 Å². The summed E-state index contributed by atoms with van der Waals surface area (Å²) < 4.78 is 51.1. The SMILES string of the molecule is CC(C)[C@@H]1C=Cc2c(cn(C)c2C(=O)Nc2ccnc(C(F)F)c2)S(=N)(=O)N1. The van der Waals surface area contributed by atoms with Gasteiger partial charge >= 0.3 is 0 Å². The summed E-state index contributed by atoms with van der Waals surface area (Å²) >= 11 is 0. The molecule has 0 saturated heterocycles. The second-order valence-electron chi connectivity index (χ2n) is 6.89. The number of aromatic nitrogens is 2. The Morgan fingerprint density at radius 2 is 2.14 bits per heavy atom. The number of carbonyl (C=O) groups is 1.